The van der Waals surface area contributed by atoms with Gasteiger partial charge >= 0.3 is 0 Å². The lowest BCUT2D eigenvalue weighted by atomic mass is 9.92. The Kier molecular flexibility index (Phi) is 9.43. The Morgan fingerprint density at radius 3 is 2.55 bits per heavy atom. The highest BCUT2D eigenvalue weighted by Gasteiger charge is 2.36. The zero-order valence-corrected chi connectivity index (χ0v) is 28.0. The van der Waals surface area contributed by atoms with E-state index >= 15 is 0 Å². The van der Waals surface area contributed by atoms with Crippen LogP contribution in [-0.4, -0.2) is 52.1 Å². The number of nitrogens with one attached hydrogen (secondary N) is 2. The van der Waals surface area contributed by atoms with Crippen molar-refractivity contribution in [2.45, 2.75) is 71.1 Å². The molecule has 0 spiro atoms. The van der Waals surface area contributed by atoms with Gasteiger partial charge in [-0.3, -0.25) is 14.3 Å². The van der Waals surface area contributed by atoms with E-state index in [2.05, 4.69) is 35.4 Å². The number of aryl methyl sites for hydroxylation is 3. The van der Waals surface area contributed by atoms with Crippen LogP contribution in [0, 0.1) is 13.8 Å². The summed E-state index contributed by atoms with van der Waals surface area (Å²) in [7, 11) is 0.544. The molecule has 1 aliphatic carbocycles. The second-order valence-electron chi connectivity index (χ2n) is 12.7. The van der Waals surface area contributed by atoms with Gasteiger partial charge in [-0.2, -0.15) is 10.2 Å². The van der Waals surface area contributed by atoms with Crippen LogP contribution < -0.4 is 10.6 Å². The number of ether oxygens (including phenoxy) is 1. The molecule has 0 aliphatic heterocycles. The molecule has 4 aromatic rings. The van der Waals surface area contributed by atoms with E-state index in [9.17, 15) is 9.59 Å². The van der Waals surface area contributed by atoms with Gasteiger partial charge in [0.2, 0.25) is 5.91 Å². The van der Waals surface area contributed by atoms with Gasteiger partial charge in [-0.25, -0.2) is 4.68 Å². The number of nitrogens with zero attached hydrogens (tertiary/aromatic N) is 4. The molecule has 2 aromatic carbocycles. The summed E-state index contributed by atoms with van der Waals surface area (Å²) in [5, 5.41) is 15.5. The lowest BCUT2D eigenvalue weighted by molar-refractivity contribution is -0.118. The average Bonchev–Trinajstić information content (AvgIpc) is 3.66. The van der Waals surface area contributed by atoms with E-state index in [1.165, 1.54) is 4.68 Å². The van der Waals surface area contributed by atoms with Gasteiger partial charge in [0.1, 0.15) is 18.5 Å². The fraction of sp³-hybridized carbons (Fsp3) is 0.394. The van der Waals surface area contributed by atoms with Crippen molar-refractivity contribution in [3.8, 4) is 11.1 Å². The zero-order chi connectivity index (χ0) is 31.6. The molecular formula is C33H41ClN6O3Si. The van der Waals surface area contributed by atoms with E-state index in [0.717, 1.165) is 59.1 Å². The van der Waals surface area contributed by atoms with E-state index in [-0.39, 0.29) is 17.7 Å². The first kappa shape index (κ1) is 31.7. The van der Waals surface area contributed by atoms with E-state index < -0.39 is 14.1 Å². The van der Waals surface area contributed by atoms with Crippen LogP contribution in [0.4, 0.5) is 5.69 Å². The Balaban J connectivity index is 1.32. The minimum atomic E-state index is -1.15. The number of carbonyl (C=O) groups excluding carboxylic acids is 2. The highest BCUT2D eigenvalue weighted by atomic mass is 35.5. The molecule has 44 heavy (non-hydrogen) atoms. The van der Waals surface area contributed by atoms with Crippen molar-refractivity contribution in [2.75, 3.05) is 11.9 Å². The summed E-state index contributed by atoms with van der Waals surface area (Å²) in [6.45, 7) is 12.2. The number of benzene rings is 2. The molecule has 0 bridgehead atoms. The number of anilines is 1. The third-order valence-electron chi connectivity index (χ3n) is 8.29. The van der Waals surface area contributed by atoms with Gasteiger partial charge in [-0.05, 0) is 79.8 Å². The third-order valence-corrected chi connectivity index (χ3v) is 10.2. The molecule has 232 valence electrons. The highest BCUT2D eigenvalue weighted by Crippen LogP contribution is 2.38. The topological polar surface area (TPSA) is 103 Å². The Hall–Kier alpha value is -3.73. The summed E-state index contributed by atoms with van der Waals surface area (Å²) in [5.74, 6) is -0.866. The average molecular weight is 633 g/mol. The standard InChI is InChI=1S/C33H41ClN6O3Si/c1-21-30(22(2)40(38-21)20-43-17-18-44(4,5)6)24-8-12-26(13-9-24)36-33(42)31(37-32(41)29-15-16-35-39(29)3)27-14-10-23-7-11-25(34)19-28(23)27/h7-9,11-13,15-16,19,27,31H,10,14,17-18,20H2,1-6H3,(H,36,42)(H,37,41)/t27-,31+/m1/s1. The minimum absolute atomic E-state index is 0.218. The first-order valence-corrected chi connectivity index (χ1v) is 19.1. The molecule has 2 aromatic heterocycles. The molecule has 11 heteroatoms. The van der Waals surface area contributed by atoms with E-state index in [1.807, 2.05) is 61.0 Å². The maximum absolute atomic E-state index is 13.8. The van der Waals surface area contributed by atoms with Crippen LogP contribution in [-0.2, 0) is 29.7 Å². The molecule has 1 aliphatic rings. The van der Waals surface area contributed by atoms with Crippen LogP contribution in [0.2, 0.25) is 30.7 Å². The first-order chi connectivity index (χ1) is 20.9. The normalized spacial score (nSPS) is 15.2. The summed E-state index contributed by atoms with van der Waals surface area (Å²) in [5.41, 5.74) is 7.16. The molecule has 2 heterocycles. The van der Waals surface area contributed by atoms with Crippen LogP contribution in [0.1, 0.15) is 45.3 Å². The molecule has 0 radical (unpaired) electrons. The number of amides is 2. The number of halogens is 1. The van der Waals surface area contributed by atoms with Crippen LogP contribution in [0.15, 0.2) is 54.7 Å². The Morgan fingerprint density at radius 2 is 1.86 bits per heavy atom. The van der Waals surface area contributed by atoms with Crippen molar-refractivity contribution >= 4 is 37.2 Å². The molecular weight excluding hydrogens is 592 g/mol. The highest BCUT2D eigenvalue weighted by molar-refractivity contribution is 6.76. The fourth-order valence-electron chi connectivity index (χ4n) is 5.82. The van der Waals surface area contributed by atoms with Gasteiger partial charge in [-0.15, -0.1) is 0 Å². The van der Waals surface area contributed by atoms with Crippen molar-refractivity contribution < 1.29 is 14.3 Å². The van der Waals surface area contributed by atoms with E-state index in [4.69, 9.17) is 21.4 Å². The van der Waals surface area contributed by atoms with E-state index in [0.29, 0.717) is 23.1 Å². The number of hydrogen-bond acceptors (Lipinski definition) is 5. The van der Waals surface area contributed by atoms with Gasteiger partial charge in [0, 0.05) is 55.8 Å². The smallest absolute Gasteiger partial charge is 0.270 e. The summed E-state index contributed by atoms with van der Waals surface area (Å²) < 4.78 is 9.34. The van der Waals surface area contributed by atoms with Crippen molar-refractivity contribution in [1.29, 1.82) is 0 Å². The molecule has 0 saturated heterocycles. The number of hydrogen-bond donors (Lipinski definition) is 2. The van der Waals surface area contributed by atoms with Crippen molar-refractivity contribution in [3.63, 3.8) is 0 Å². The maximum atomic E-state index is 13.8. The first-order valence-electron chi connectivity index (χ1n) is 15.0. The van der Waals surface area contributed by atoms with Gasteiger partial charge in [0.25, 0.3) is 5.91 Å². The molecule has 0 fully saturated rings. The largest absolute Gasteiger partial charge is 0.360 e. The maximum Gasteiger partial charge on any atom is 0.270 e. The Morgan fingerprint density at radius 1 is 1.11 bits per heavy atom. The third kappa shape index (κ3) is 7.14. The van der Waals surface area contributed by atoms with Crippen LogP contribution >= 0.6 is 11.6 Å². The number of aromatic nitrogens is 4. The van der Waals surface area contributed by atoms with Crippen LogP contribution in [0.25, 0.3) is 11.1 Å². The van der Waals surface area contributed by atoms with Crippen LogP contribution in [0.5, 0.6) is 0 Å². The predicted molar refractivity (Wildman–Crippen MR) is 177 cm³/mol. The second-order valence-corrected chi connectivity index (χ2v) is 18.8. The lowest BCUT2D eigenvalue weighted by Gasteiger charge is -2.25. The Bertz CT molecular complexity index is 1660. The minimum Gasteiger partial charge on any atom is -0.360 e. The van der Waals surface area contributed by atoms with Gasteiger partial charge in [0.15, 0.2) is 0 Å². The van der Waals surface area contributed by atoms with Crippen molar-refractivity contribution in [2.24, 2.45) is 7.05 Å². The van der Waals surface area contributed by atoms with Gasteiger partial charge in [-0.1, -0.05) is 49.4 Å². The molecule has 5 rings (SSSR count). The van der Waals surface area contributed by atoms with E-state index in [1.54, 1.807) is 19.3 Å². The quantitative estimate of drug-likeness (QED) is 0.149. The molecule has 2 amide bonds. The number of rotatable bonds is 11. The molecule has 0 saturated carbocycles. The van der Waals surface area contributed by atoms with Crippen molar-refractivity contribution in [3.05, 3.63) is 88.0 Å². The predicted octanol–water partition coefficient (Wildman–Crippen LogP) is 6.33. The number of fused-ring (bicyclic) bond motifs is 1. The SMILES string of the molecule is Cc1nn(COCC[Si](C)(C)C)c(C)c1-c1ccc(NC(=O)[C@@H](NC(=O)c2ccnn2C)[C@@H]2CCc3ccc(Cl)cc32)cc1. The van der Waals surface area contributed by atoms with Gasteiger partial charge < -0.3 is 15.4 Å². The van der Waals surface area contributed by atoms with Crippen molar-refractivity contribution in [1.82, 2.24) is 24.9 Å². The molecule has 0 unspecified atom stereocenters. The summed E-state index contributed by atoms with van der Waals surface area (Å²) >= 11 is 6.34. The number of carbonyl (C=O) groups is 2. The monoisotopic (exact) mass is 632 g/mol. The van der Waals surface area contributed by atoms with Gasteiger partial charge in [0.05, 0.1) is 5.69 Å². The molecule has 2 atom stereocenters. The second kappa shape index (κ2) is 13.1. The fourth-order valence-corrected chi connectivity index (χ4v) is 6.76. The molecule has 2 N–H and O–H groups in total. The summed E-state index contributed by atoms with van der Waals surface area (Å²) in [6, 6.07) is 15.4. The zero-order valence-electron chi connectivity index (χ0n) is 26.3. The summed E-state index contributed by atoms with van der Waals surface area (Å²) in [4.78, 5) is 27.1. The summed E-state index contributed by atoms with van der Waals surface area (Å²) in [6.07, 6.45) is 3.10. The van der Waals surface area contributed by atoms with Crippen LogP contribution in [0.3, 0.4) is 0 Å². The Labute approximate surface area is 265 Å². The lowest BCUT2D eigenvalue weighted by Crippen LogP contribution is -2.47. The molecule has 9 nitrogen and oxygen atoms in total.